The smallest absolute Gasteiger partial charge is 0.242 e. The van der Waals surface area contributed by atoms with Crippen LogP contribution >= 0.6 is 0 Å². The first-order valence-corrected chi connectivity index (χ1v) is 6.22. The maximum absolute atomic E-state index is 13.1. The molecule has 1 aromatic rings. The number of likely N-dealkylation sites (N-methyl/N-ethyl adjacent to an activating group) is 2. The van der Waals surface area contributed by atoms with Crippen molar-refractivity contribution in [3.63, 3.8) is 0 Å². The molecule has 0 aromatic heterocycles. The Morgan fingerprint density at radius 1 is 1.37 bits per heavy atom. The number of hydrogen-bond acceptors (Lipinski definition) is 3. The zero-order valence-corrected chi connectivity index (χ0v) is 11.5. The highest BCUT2D eigenvalue weighted by atomic mass is 19.1. The fourth-order valence-corrected chi connectivity index (χ4v) is 1.90. The van der Waals surface area contributed by atoms with Gasteiger partial charge in [-0.3, -0.25) is 4.79 Å². The molecule has 1 aromatic carbocycles. The minimum atomic E-state index is -0.455. The highest BCUT2D eigenvalue weighted by Crippen LogP contribution is 2.19. The van der Waals surface area contributed by atoms with Crippen LogP contribution in [0.15, 0.2) is 18.2 Å². The van der Waals surface area contributed by atoms with Gasteiger partial charge in [-0.1, -0.05) is 0 Å². The van der Waals surface area contributed by atoms with E-state index in [1.54, 1.807) is 16.8 Å². The van der Waals surface area contributed by atoms with Crippen molar-refractivity contribution in [3.05, 3.63) is 29.6 Å². The summed E-state index contributed by atoms with van der Waals surface area (Å²) in [5, 5.41) is 8.99. The van der Waals surface area contributed by atoms with Crippen LogP contribution in [0.25, 0.3) is 0 Å². The monoisotopic (exact) mass is 263 g/mol. The van der Waals surface area contributed by atoms with Crippen molar-refractivity contribution < 1.29 is 9.18 Å². The molecule has 0 unspecified atom stereocenters. The topological polar surface area (TPSA) is 47.3 Å². The molecule has 0 atom stereocenters. The fourth-order valence-electron chi connectivity index (χ4n) is 1.90. The Morgan fingerprint density at radius 2 is 2.00 bits per heavy atom. The summed E-state index contributed by atoms with van der Waals surface area (Å²) in [6.07, 6.45) is 0. The van der Waals surface area contributed by atoms with Gasteiger partial charge in [0.25, 0.3) is 0 Å². The van der Waals surface area contributed by atoms with Crippen LogP contribution in [0.2, 0.25) is 0 Å². The second-order valence-corrected chi connectivity index (χ2v) is 4.20. The van der Waals surface area contributed by atoms with Crippen LogP contribution in [-0.4, -0.2) is 37.5 Å². The molecule has 0 saturated heterocycles. The van der Waals surface area contributed by atoms with Crippen molar-refractivity contribution in [1.82, 2.24) is 4.90 Å². The van der Waals surface area contributed by atoms with Crippen LogP contribution < -0.4 is 4.90 Å². The molecule has 4 nitrogen and oxygen atoms in total. The van der Waals surface area contributed by atoms with E-state index in [0.717, 1.165) is 0 Å². The zero-order valence-electron chi connectivity index (χ0n) is 11.5. The van der Waals surface area contributed by atoms with Crippen LogP contribution in [0.4, 0.5) is 10.1 Å². The van der Waals surface area contributed by atoms with E-state index in [2.05, 4.69) is 0 Å². The van der Waals surface area contributed by atoms with Gasteiger partial charge in [0.1, 0.15) is 11.9 Å². The van der Waals surface area contributed by atoms with Crippen molar-refractivity contribution >= 4 is 11.6 Å². The zero-order chi connectivity index (χ0) is 14.4. The van der Waals surface area contributed by atoms with Crippen LogP contribution in [0.3, 0.4) is 0 Å². The lowest BCUT2D eigenvalue weighted by atomic mass is 10.1. The minimum Gasteiger partial charge on any atom is -0.364 e. The molecule has 1 rings (SSSR count). The first kappa shape index (κ1) is 15.0. The summed E-state index contributed by atoms with van der Waals surface area (Å²) in [7, 11) is 1.72. The maximum atomic E-state index is 13.1. The molecule has 0 bridgehead atoms. The fraction of sp³-hybridized carbons (Fsp3) is 0.429. The number of rotatable bonds is 5. The van der Waals surface area contributed by atoms with Crippen molar-refractivity contribution in [3.8, 4) is 6.07 Å². The summed E-state index contributed by atoms with van der Waals surface area (Å²) in [6.45, 7) is 5.30. The van der Waals surface area contributed by atoms with E-state index in [0.29, 0.717) is 18.8 Å². The third-order valence-electron chi connectivity index (χ3n) is 2.98. The number of carbonyl (C=O) groups excluding carboxylic acids is 1. The first-order valence-electron chi connectivity index (χ1n) is 6.22. The molecule has 102 valence electrons. The number of nitrogens with zero attached hydrogens (tertiary/aromatic N) is 3. The van der Waals surface area contributed by atoms with E-state index in [4.69, 9.17) is 5.26 Å². The maximum Gasteiger partial charge on any atom is 0.242 e. The Hall–Kier alpha value is -2.09. The Balaban J connectivity index is 2.87. The normalized spacial score (nSPS) is 9.84. The summed E-state index contributed by atoms with van der Waals surface area (Å²) < 4.78 is 13.1. The molecular weight excluding hydrogens is 245 g/mol. The van der Waals surface area contributed by atoms with Gasteiger partial charge in [0, 0.05) is 20.1 Å². The summed E-state index contributed by atoms with van der Waals surface area (Å²) in [4.78, 5) is 15.4. The van der Waals surface area contributed by atoms with Gasteiger partial charge in [-0.05, 0) is 32.0 Å². The molecule has 19 heavy (non-hydrogen) atoms. The van der Waals surface area contributed by atoms with Crippen molar-refractivity contribution in [2.24, 2.45) is 0 Å². The van der Waals surface area contributed by atoms with Gasteiger partial charge in [-0.15, -0.1) is 0 Å². The summed E-state index contributed by atoms with van der Waals surface area (Å²) >= 11 is 0. The molecule has 0 spiro atoms. The predicted molar refractivity (Wildman–Crippen MR) is 72.3 cm³/mol. The minimum absolute atomic E-state index is 0.0132. The van der Waals surface area contributed by atoms with E-state index in [9.17, 15) is 9.18 Å². The molecule has 0 heterocycles. The Labute approximate surface area is 113 Å². The number of anilines is 1. The molecule has 0 aliphatic rings. The molecular formula is C14H18FN3O. The van der Waals surface area contributed by atoms with Crippen molar-refractivity contribution in [2.75, 3.05) is 31.6 Å². The number of carbonyl (C=O) groups is 1. The third kappa shape index (κ3) is 3.68. The van der Waals surface area contributed by atoms with Gasteiger partial charge >= 0.3 is 0 Å². The van der Waals surface area contributed by atoms with Crippen LogP contribution in [0, 0.1) is 17.1 Å². The molecule has 0 fully saturated rings. The van der Waals surface area contributed by atoms with Gasteiger partial charge in [0.2, 0.25) is 5.91 Å². The molecule has 0 aliphatic heterocycles. The Bertz CT molecular complexity index is 492. The third-order valence-corrected chi connectivity index (χ3v) is 2.98. The lowest BCUT2D eigenvalue weighted by molar-refractivity contribution is -0.129. The quantitative estimate of drug-likeness (QED) is 0.816. The van der Waals surface area contributed by atoms with E-state index in [1.165, 1.54) is 18.2 Å². The molecule has 0 saturated carbocycles. The predicted octanol–water partition coefficient (Wildman–Crippen LogP) is 2.00. The first-order chi connectivity index (χ1) is 9.03. The molecule has 1 amide bonds. The van der Waals surface area contributed by atoms with Gasteiger partial charge in [0.15, 0.2) is 0 Å². The largest absolute Gasteiger partial charge is 0.364 e. The highest BCUT2D eigenvalue weighted by molar-refractivity contribution is 5.82. The van der Waals surface area contributed by atoms with E-state index >= 15 is 0 Å². The Kier molecular flexibility index (Phi) is 5.31. The second kappa shape index (κ2) is 6.74. The molecule has 0 aliphatic carbocycles. The van der Waals surface area contributed by atoms with Crippen molar-refractivity contribution in [1.29, 1.82) is 5.26 Å². The average Bonchev–Trinajstić information content (AvgIpc) is 2.39. The van der Waals surface area contributed by atoms with Gasteiger partial charge in [0.05, 0.1) is 17.8 Å². The van der Waals surface area contributed by atoms with E-state index in [1.807, 2.05) is 19.9 Å². The molecule has 0 radical (unpaired) electrons. The number of benzene rings is 1. The second-order valence-electron chi connectivity index (χ2n) is 4.20. The van der Waals surface area contributed by atoms with Crippen LogP contribution in [0.5, 0.6) is 0 Å². The van der Waals surface area contributed by atoms with Gasteiger partial charge < -0.3 is 9.80 Å². The van der Waals surface area contributed by atoms with E-state index in [-0.39, 0.29) is 18.0 Å². The van der Waals surface area contributed by atoms with E-state index < -0.39 is 5.82 Å². The number of halogens is 1. The summed E-state index contributed by atoms with van der Waals surface area (Å²) in [5.74, 6) is -0.468. The van der Waals surface area contributed by atoms with Crippen molar-refractivity contribution in [2.45, 2.75) is 13.8 Å². The number of nitriles is 1. The Morgan fingerprint density at radius 3 is 2.53 bits per heavy atom. The summed E-state index contributed by atoms with van der Waals surface area (Å²) in [6, 6.07) is 5.92. The standard InChI is InChI=1S/C14H18FN3O/c1-4-18(5-2)14(19)10-17(3)13-7-6-12(15)8-11(13)9-16/h6-8H,4-5,10H2,1-3H3. The van der Waals surface area contributed by atoms with Crippen LogP contribution in [0.1, 0.15) is 19.4 Å². The molecule has 5 heteroatoms. The lowest BCUT2D eigenvalue weighted by Crippen LogP contribution is -2.39. The lowest BCUT2D eigenvalue weighted by Gasteiger charge is -2.25. The summed E-state index contributed by atoms with van der Waals surface area (Å²) in [5.41, 5.74) is 0.791. The van der Waals surface area contributed by atoms with Crippen LogP contribution in [-0.2, 0) is 4.79 Å². The van der Waals surface area contributed by atoms with Gasteiger partial charge in [-0.2, -0.15) is 5.26 Å². The average molecular weight is 263 g/mol. The number of amides is 1. The molecule has 0 N–H and O–H groups in total. The van der Waals surface area contributed by atoms with Gasteiger partial charge in [-0.25, -0.2) is 4.39 Å². The highest BCUT2D eigenvalue weighted by Gasteiger charge is 2.15. The SMILES string of the molecule is CCN(CC)C(=O)CN(C)c1ccc(F)cc1C#N. The number of hydrogen-bond donors (Lipinski definition) is 0.